The summed E-state index contributed by atoms with van der Waals surface area (Å²) in [6, 6.07) is 6.54. The van der Waals surface area contributed by atoms with E-state index in [1.54, 1.807) is 11.8 Å². The van der Waals surface area contributed by atoms with E-state index in [4.69, 9.17) is 0 Å². The van der Waals surface area contributed by atoms with Crippen LogP contribution in [0.1, 0.15) is 42.4 Å². The largest absolute Gasteiger partial charge is 0.619 e. The highest BCUT2D eigenvalue weighted by Crippen LogP contribution is 2.40. The molecule has 1 aliphatic heterocycles. The van der Waals surface area contributed by atoms with Gasteiger partial charge >= 0.3 is 0 Å². The first-order valence-corrected chi connectivity index (χ1v) is 11.7. The lowest BCUT2D eigenvalue weighted by Gasteiger charge is -2.40. The molecule has 2 atom stereocenters. The van der Waals surface area contributed by atoms with Crippen LogP contribution in [0.3, 0.4) is 0 Å². The average Bonchev–Trinajstić information content (AvgIpc) is 3.37. The summed E-state index contributed by atoms with van der Waals surface area (Å²) in [5, 5.41) is 14.7. The fourth-order valence-electron chi connectivity index (χ4n) is 4.71. The van der Waals surface area contributed by atoms with Crippen LogP contribution in [0.25, 0.3) is 10.2 Å². The number of aromatic nitrogens is 2. The van der Waals surface area contributed by atoms with Crippen molar-refractivity contribution in [3.63, 3.8) is 0 Å². The molecule has 1 amide bonds. The Balaban J connectivity index is 1.30. The number of anilines is 1. The van der Waals surface area contributed by atoms with Gasteiger partial charge in [0, 0.05) is 31.6 Å². The Morgan fingerprint density at radius 2 is 2.03 bits per heavy atom. The fourth-order valence-corrected chi connectivity index (χ4v) is 5.62. The second-order valence-electron chi connectivity index (χ2n) is 8.68. The molecular weight excluding hydrogens is 434 g/mol. The normalized spacial score (nSPS) is 21.4. The van der Waals surface area contributed by atoms with Gasteiger partial charge in [-0.2, -0.15) is 4.73 Å². The number of carbonyl (C=O) groups excluding carboxylic acids is 1. The van der Waals surface area contributed by atoms with Crippen molar-refractivity contribution in [2.24, 2.45) is 0 Å². The number of benzene rings is 1. The number of thiazole rings is 1. The molecule has 0 radical (unpaired) electrons. The number of alkyl halides is 2. The second-order valence-corrected chi connectivity index (χ2v) is 9.71. The van der Waals surface area contributed by atoms with E-state index >= 15 is 0 Å². The minimum absolute atomic E-state index is 0.0387. The van der Waals surface area contributed by atoms with Crippen molar-refractivity contribution >= 4 is 32.6 Å². The Morgan fingerprint density at radius 3 is 2.78 bits per heavy atom. The number of hydrogen-bond acceptors (Lipinski definition) is 5. The molecule has 32 heavy (non-hydrogen) atoms. The Hall–Kier alpha value is -2.65. The Labute approximate surface area is 188 Å². The molecule has 1 aromatic carbocycles. The highest BCUT2D eigenvalue weighted by molar-refractivity contribution is 7.22. The number of piperidine rings is 1. The van der Waals surface area contributed by atoms with Crippen LogP contribution < -0.4 is 10.0 Å². The van der Waals surface area contributed by atoms with E-state index in [2.05, 4.69) is 22.4 Å². The van der Waals surface area contributed by atoms with Crippen molar-refractivity contribution < 1.29 is 18.3 Å². The summed E-state index contributed by atoms with van der Waals surface area (Å²) in [4.78, 5) is 19.3. The Kier molecular flexibility index (Phi) is 5.33. The number of nitrogens with zero attached hydrogens (tertiary/aromatic N) is 3. The van der Waals surface area contributed by atoms with Gasteiger partial charge in [0.1, 0.15) is 0 Å². The van der Waals surface area contributed by atoms with Crippen molar-refractivity contribution in [3.05, 3.63) is 58.6 Å². The number of aryl methyl sites for hydroxylation is 2. The molecule has 0 spiro atoms. The third-order valence-corrected chi connectivity index (χ3v) is 7.58. The summed E-state index contributed by atoms with van der Waals surface area (Å²) in [7, 11) is 0. The molecule has 168 valence electrons. The third-order valence-electron chi connectivity index (χ3n) is 6.65. The van der Waals surface area contributed by atoms with E-state index < -0.39 is 17.9 Å². The van der Waals surface area contributed by atoms with Crippen molar-refractivity contribution in [2.75, 3.05) is 18.4 Å². The van der Waals surface area contributed by atoms with Crippen molar-refractivity contribution in [2.45, 2.75) is 50.5 Å². The van der Waals surface area contributed by atoms with Crippen LogP contribution in [0, 0.1) is 5.21 Å². The predicted molar refractivity (Wildman–Crippen MR) is 119 cm³/mol. The van der Waals surface area contributed by atoms with Gasteiger partial charge < -0.3 is 10.5 Å². The van der Waals surface area contributed by atoms with Crippen LogP contribution in [0.4, 0.5) is 13.9 Å². The topological polar surface area (TPSA) is 72.2 Å². The minimum atomic E-state index is -2.89. The molecule has 2 aromatic heterocycles. The summed E-state index contributed by atoms with van der Waals surface area (Å²) in [6.07, 6.45) is 5.43. The molecule has 3 aromatic rings. The van der Waals surface area contributed by atoms with Crippen molar-refractivity contribution in [1.29, 1.82) is 0 Å². The number of fused-ring (bicyclic) bond motifs is 2. The quantitative estimate of drug-likeness (QED) is 0.476. The van der Waals surface area contributed by atoms with E-state index in [0.717, 1.165) is 23.1 Å². The zero-order chi connectivity index (χ0) is 22.5. The minimum Gasteiger partial charge on any atom is -0.619 e. The zero-order valence-electron chi connectivity index (χ0n) is 17.7. The molecule has 1 saturated heterocycles. The highest BCUT2D eigenvalue weighted by Gasteiger charge is 2.46. The summed E-state index contributed by atoms with van der Waals surface area (Å²) in [5.74, 6) is -4.22. The number of pyridine rings is 1. The standard InChI is InChI=1S/C23H24F2N4O2S/c1-14(28-10-7-23(24,25)18(13-28)15-5-8-29(31)9-6-15)21(30)27-22-26-19-11-16-3-2-4-17(16)12-20(19)32-22/h5-6,8-9,11-12,14,18H,2-4,7,10,13H2,1H3,(H,26,27,30)/t14-,18-/m1/s1. The van der Waals surface area contributed by atoms with Gasteiger partial charge in [0.05, 0.1) is 22.2 Å². The average molecular weight is 459 g/mol. The van der Waals surface area contributed by atoms with E-state index in [1.807, 2.05) is 0 Å². The predicted octanol–water partition coefficient (Wildman–Crippen LogP) is 3.87. The van der Waals surface area contributed by atoms with E-state index in [0.29, 0.717) is 15.4 Å². The maximum atomic E-state index is 14.6. The fraction of sp³-hybridized carbons (Fsp3) is 0.435. The molecule has 1 N–H and O–H groups in total. The molecular formula is C23H24F2N4O2S. The molecule has 0 unspecified atom stereocenters. The molecule has 1 fully saturated rings. The van der Waals surface area contributed by atoms with Crippen LogP contribution in [0.5, 0.6) is 0 Å². The van der Waals surface area contributed by atoms with Gasteiger partial charge in [0.15, 0.2) is 17.5 Å². The van der Waals surface area contributed by atoms with Crippen LogP contribution in [-0.4, -0.2) is 40.8 Å². The van der Waals surface area contributed by atoms with Gasteiger partial charge in [-0.3, -0.25) is 9.69 Å². The Morgan fingerprint density at radius 1 is 1.31 bits per heavy atom. The maximum Gasteiger partial charge on any atom is 0.257 e. The smallest absolute Gasteiger partial charge is 0.257 e. The van der Waals surface area contributed by atoms with Gasteiger partial charge in [-0.15, -0.1) is 0 Å². The third kappa shape index (κ3) is 3.95. The van der Waals surface area contributed by atoms with E-state index in [-0.39, 0.29) is 25.4 Å². The molecule has 2 aliphatic rings. The summed E-state index contributed by atoms with van der Waals surface area (Å²) < 4.78 is 30.9. The lowest BCUT2D eigenvalue weighted by Crippen LogP contribution is -2.52. The summed E-state index contributed by atoms with van der Waals surface area (Å²) in [5.41, 5.74) is 3.98. The molecule has 0 saturated carbocycles. The molecule has 5 rings (SSSR count). The first kappa shape index (κ1) is 21.2. The molecule has 6 nitrogen and oxygen atoms in total. The highest BCUT2D eigenvalue weighted by atomic mass is 32.1. The number of hydrogen-bond donors (Lipinski definition) is 1. The van der Waals surface area contributed by atoms with Crippen LogP contribution in [0.2, 0.25) is 0 Å². The van der Waals surface area contributed by atoms with Crippen LogP contribution in [-0.2, 0) is 17.6 Å². The van der Waals surface area contributed by atoms with Gasteiger partial charge in [0.25, 0.3) is 5.92 Å². The molecule has 3 heterocycles. The van der Waals surface area contributed by atoms with Crippen LogP contribution >= 0.6 is 11.3 Å². The van der Waals surface area contributed by atoms with E-state index in [1.165, 1.54) is 53.4 Å². The first-order valence-electron chi connectivity index (χ1n) is 10.8. The van der Waals surface area contributed by atoms with Gasteiger partial charge in [-0.1, -0.05) is 11.3 Å². The Bertz CT molecular complexity index is 1120. The van der Waals surface area contributed by atoms with Crippen molar-refractivity contribution in [3.8, 4) is 0 Å². The lowest BCUT2D eigenvalue weighted by atomic mass is 9.87. The van der Waals surface area contributed by atoms with Crippen LogP contribution in [0.15, 0.2) is 36.7 Å². The SMILES string of the molecule is C[C@H](C(=O)Nc1nc2cc3c(cc2s1)CCC3)N1CCC(F)(F)[C@@H](c2cc[n+]([O-])cc2)C1. The molecule has 0 bridgehead atoms. The van der Waals surface area contributed by atoms with Gasteiger partial charge in [-0.05, 0) is 55.0 Å². The summed E-state index contributed by atoms with van der Waals surface area (Å²) in [6.45, 7) is 1.89. The lowest BCUT2D eigenvalue weighted by molar-refractivity contribution is -0.605. The zero-order valence-corrected chi connectivity index (χ0v) is 18.5. The maximum absolute atomic E-state index is 14.6. The van der Waals surface area contributed by atoms with Gasteiger partial charge in [-0.25, -0.2) is 13.8 Å². The number of rotatable bonds is 4. The first-order chi connectivity index (χ1) is 15.3. The van der Waals surface area contributed by atoms with E-state index in [9.17, 15) is 18.8 Å². The number of halogens is 2. The number of nitrogens with one attached hydrogen (secondary N) is 1. The second kappa shape index (κ2) is 8.04. The monoisotopic (exact) mass is 458 g/mol. The number of likely N-dealkylation sites (tertiary alicyclic amines) is 1. The number of carbonyl (C=O) groups is 1. The number of amides is 1. The summed E-state index contributed by atoms with van der Waals surface area (Å²) >= 11 is 1.44. The van der Waals surface area contributed by atoms with Gasteiger partial charge in [0.2, 0.25) is 5.91 Å². The molecule has 9 heteroatoms. The molecule has 1 aliphatic carbocycles. The van der Waals surface area contributed by atoms with Crippen molar-refractivity contribution in [1.82, 2.24) is 9.88 Å².